The summed E-state index contributed by atoms with van der Waals surface area (Å²) in [6, 6.07) is 3.52. The van der Waals surface area contributed by atoms with Gasteiger partial charge in [0.15, 0.2) is 0 Å². The third-order valence-corrected chi connectivity index (χ3v) is 3.98. The molecule has 1 aromatic carbocycles. The molecule has 3 N–H and O–H groups in total. The Bertz CT molecular complexity index is 485. The minimum Gasteiger partial charge on any atom is -0.391 e. The molecule has 0 aromatic heterocycles. The fraction of sp³-hybridized carbons (Fsp3) is 0.571. The van der Waals surface area contributed by atoms with Crippen LogP contribution in [0.1, 0.15) is 31.0 Å². The number of hydrogen-bond donors (Lipinski definition) is 2. The molecule has 0 radical (unpaired) electrons. The second-order valence-electron chi connectivity index (χ2n) is 6.08. The molecule has 19 heavy (non-hydrogen) atoms. The van der Waals surface area contributed by atoms with Crippen LogP contribution in [0, 0.1) is 0 Å². The van der Waals surface area contributed by atoms with Crippen LogP contribution in [0.15, 0.2) is 12.1 Å². The summed E-state index contributed by atoms with van der Waals surface area (Å²) >= 11 is 12.3. The number of benzene rings is 1. The van der Waals surface area contributed by atoms with Crippen molar-refractivity contribution in [2.45, 2.75) is 38.0 Å². The molecule has 2 atom stereocenters. The maximum absolute atomic E-state index is 10.3. The molecule has 1 aliphatic rings. The van der Waals surface area contributed by atoms with Gasteiger partial charge in [-0.3, -0.25) is 4.90 Å². The van der Waals surface area contributed by atoms with E-state index < -0.39 is 6.10 Å². The number of fused-ring (bicyclic) bond motifs is 1. The monoisotopic (exact) mass is 302 g/mol. The molecule has 106 valence electrons. The van der Waals surface area contributed by atoms with E-state index in [1.54, 1.807) is 6.07 Å². The molecule has 0 heterocycles. The maximum Gasteiger partial charge on any atom is 0.0777 e. The van der Waals surface area contributed by atoms with Crippen molar-refractivity contribution in [1.29, 1.82) is 0 Å². The highest BCUT2D eigenvalue weighted by atomic mass is 35.5. The first-order valence-corrected chi connectivity index (χ1v) is 7.09. The molecule has 0 fully saturated rings. The van der Waals surface area contributed by atoms with E-state index in [4.69, 9.17) is 28.9 Å². The molecule has 2 rings (SSSR count). The van der Waals surface area contributed by atoms with E-state index in [9.17, 15) is 5.11 Å². The van der Waals surface area contributed by atoms with E-state index in [1.165, 1.54) is 0 Å². The zero-order chi connectivity index (χ0) is 14.4. The Kier molecular flexibility index (Phi) is 4.15. The van der Waals surface area contributed by atoms with Crippen LogP contribution in [-0.4, -0.2) is 35.2 Å². The number of nitrogens with two attached hydrogens (primary N) is 1. The fourth-order valence-electron chi connectivity index (χ4n) is 2.90. The van der Waals surface area contributed by atoms with E-state index in [1.807, 2.05) is 27.0 Å². The van der Waals surface area contributed by atoms with Crippen molar-refractivity contribution in [2.75, 3.05) is 13.6 Å². The van der Waals surface area contributed by atoms with Crippen LogP contribution >= 0.6 is 23.2 Å². The number of aliphatic hydroxyl groups excluding tert-OH is 1. The molecule has 1 aliphatic carbocycles. The van der Waals surface area contributed by atoms with Gasteiger partial charge in [0, 0.05) is 28.5 Å². The average molecular weight is 303 g/mol. The third-order valence-electron chi connectivity index (χ3n) is 3.42. The van der Waals surface area contributed by atoms with Gasteiger partial charge in [0.1, 0.15) is 0 Å². The highest BCUT2D eigenvalue weighted by Crippen LogP contribution is 2.40. The Hall–Kier alpha value is -0.320. The van der Waals surface area contributed by atoms with Crippen LogP contribution in [0.5, 0.6) is 0 Å². The lowest BCUT2D eigenvalue weighted by molar-refractivity contribution is 0.0670. The fourth-order valence-corrected chi connectivity index (χ4v) is 3.49. The molecule has 0 bridgehead atoms. The first-order valence-electron chi connectivity index (χ1n) is 6.34. The molecular weight excluding hydrogens is 283 g/mol. The quantitative estimate of drug-likeness (QED) is 0.902. The number of nitrogens with zero attached hydrogens (tertiary/aromatic N) is 1. The predicted octanol–water partition coefficient (Wildman–Crippen LogP) is 2.62. The summed E-state index contributed by atoms with van der Waals surface area (Å²) in [5.74, 6) is 0. The van der Waals surface area contributed by atoms with Crippen molar-refractivity contribution < 1.29 is 5.11 Å². The molecular formula is C14H20Cl2N2O. The second-order valence-corrected chi connectivity index (χ2v) is 6.92. The average Bonchev–Trinajstić information content (AvgIpc) is 2.52. The van der Waals surface area contributed by atoms with Crippen LogP contribution in [0.4, 0.5) is 0 Å². The SMILES string of the molecule is CN(CC(C)(C)N)C1c2cc(Cl)cc(Cl)c2CC1O. The molecule has 0 aliphatic heterocycles. The van der Waals surface area contributed by atoms with E-state index in [0.717, 1.165) is 11.1 Å². The zero-order valence-corrected chi connectivity index (χ0v) is 13.0. The number of likely N-dealkylation sites (N-methyl/N-ethyl adjacent to an activating group) is 1. The predicted molar refractivity (Wildman–Crippen MR) is 79.8 cm³/mol. The van der Waals surface area contributed by atoms with Crippen molar-refractivity contribution in [3.63, 3.8) is 0 Å². The van der Waals surface area contributed by atoms with Gasteiger partial charge in [0.2, 0.25) is 0 Å². The van der Waals surface area contributed by atoms with Crippen molar-refractivity contribution in [2.24, 2.45) is 5.73 Å². The van der Waals surface area contributed by atoms with Crippen molar-refractivity contribution in [3.05, 3.63) is 33.3 Å². The topological polar surface area (TPSA) is 49.5 Å². The third kappa shape index (κ3) is 3.23. The van der Waals surface area contributed by atoms with Gasteiger partial charge >= 0.3 is 0 Å². The lowest BCUT2D eigenvalue weighted by atomic mass is 10.0. The molecule has 0 amide bonds. The molecule has 5 heteroatoms. The smallest absolute Gasteiger partial charge is 0.0777 e. The van der Waals surface area contributed by atoms with Crippen molar-refractivity contribution in [3.8, 4) is 0 Å². The van der Waals surface area contributed by atoms with Crippen molar-refractivity contribution in [1.82, 2.24) is 4.90 Å². The Morgan fingerprint density at radius 3 is 2.63 bits per heavy atom. The van der Waals surface area contributed by atoms with Gasteiger partial charge in [-0.1, -0.05) is 23.2 Å². The zero-order valence-electron chi connectivity index (χ0n) is 11.5. The highest BCUT2D eigenvalue weighted by Gasteiger charge is 2.36. The van der Waals surface area contributed by atoms with Crippen LogP contribution in [0.3, 0.4) is 0 Å². The molecule has 1 aromatic rings. The number of rotatable bonds is 3. The molecule has 3 nitrogen and oxygen atoms in total. The molecule has 0 saturated carbocycles. The van der Waals surface area contributed by atoms with Gasteiger partial charge in [-0.25, -0.2) is 0 Å². The largest absolute Gasteiger partial charge is 0.391 e. The van der Waals surface area contributed by atoms with Gasteiger partial charge in [-0.15, -0.1) is 0 Å². The van der Waals surface area contributed by atoms with Gasteiger partial charge in [0.25, 0.3) is 0 Å². The highest BCUT2D eigenvalue weighted by molar-refractivity contribution is 6.35. The summed E-state index contributed by atoms with van der Waals surface area (Å²) in [5, 5.41) is 11.5. The Morgan fingerprint density at radius 1 is 1.42 bits per heavy atom. The van der Waals surface area contributed by atoms with Gasteiger partial charge in [0.05, 0.1) is 12.1 Å². The van der Waals surface area contributed by atoms with Crippen LogP contribution < -0.4 is 5.73 Å². The number of hydrogen-bond acceptors (Lipinski definition) is 3. The van der Waals surface area contributed by atoms with Crippen LogP contribution in [0.2, 0.25) is 10.0 Å². The van der Waals surface area contributed by atoms with Gasteiger partial charge in [-0.05, 0) is 44.2 Å². The van der Waals surface area contributed by atoms with Crippen molar-refractivity contribution >= 4 is 23.2 Å². The summed E-state index contributed by atoms with van der Waals surface area (Å²) in [6.45, 7) is 4.62. The maximum atomic E-state index is 10.3. The Balaban J connectivity index is 2.34. The number of halogens is 2. The molecule has 0 spiro atoms. The number of aliphatic hydroxyl groups is 1. The van der Waals surface area contributed by atoms with Gasteiger partial charge < -0.3 is 10.8 Å². The summed E-state index contributed by atoms with van der Waals surface area (Å²) in [5.41, 5.74) is 7.74. The minimum absolute atomic E-state index is 0.103. The summed E-state index contributed by atoms with van der Waals surface area (Å²) < 4.78 is 0. The summed E-state index contributed by atoms with van der Waals surface area (Å²) in [4.78, 5) is 2.07. The second kappa shape index (κ2) is 5.23. The Morgan fingerprint density at radius 2 is 2.05 bits per heavy atom. The lowest BCUT2D eigenvalue weighted by Crippen LogP contribution is -2.46. The first kappa shape index (κ1) is 15.1. The van der Waals surface area contributed by atoms with E-state index in [-0.39, 0.29) is 11.6 Å². The Labute approximate surface area is 124 Å². The van der Waals surface area contributed by atoms with Crippen LogP contribution in [-0.2, 0) is 6.42 Å². The summed E-state index contributed by atoms with van der Waals surface area (Å²) in [7, 11) is 1.96. The lowest BCUT2D eigenvalue weighted by Gasteiger charge is -2.33. The minimum atomic E-state index is -0.474. The van der Waals surface area contributed by atoms with E-state index in [0.29, 0.717) is 23.0 Å². The molecule has 2 unspecified atom stereocenters. The first-order chi connectivity index (χ1) is 8.69. The molecule has 0 saturated heterocycles. The van der Waals surface area contributed by atoms with Gasteiger partial charge in [-0.2, -0.15) is 0 Å². The van der Waals surface area contributed by atoms with E-state index in [2.05, 4.69) is 4.90 Å². The van der Waals surface area contributed by atoms with Crippen LogP contribution in [0.25, 0.3) is 0 Å². The normalized spacial score (nSPS) is 22.9. The van der Waals surface area contributed by atoms with E-state index >= 15 is 0 Å². The summed E-state index contributed by atoms with van der Waals surface area (Å²) in [6.07, 6.45) is 0.0871. The standard InChI is InChI=1S/C14H20Cl2N2O/c1-14(2,17)7-18(3)13-10-4-8(15)5-11(16)9(10)6-12(13)19/h4-5,12-13,19H,6-7,17H2,1-3H3.